The van der Waals surface area contributed by atoms with E-state index in [0.29, 0.717) is 0 Å². The Labute approximate surface area is 87.9 Å². The second kappa shape index (κ2) is 4.52. The van der Waals surface area contributed by atoms with Gasteiger partial charge in [-0.1, -0.05) is 0 Å². The lowest BCUT2D eigenvalue weighted by Gasteiger charge is -2.09. The summed E-state index contributed by atoms with van der Waals surface area (Å²) in [4.78, 5) is 11.2. The maximum Gasteiger partial charge on any atom is 0.405 e. The standard InChI is InChI=1S/C8H8F3NO2S/c1-14-7(13)6-5(2-3-15-6)12-4-8(9,10)11/h2-3,12H,4H2,1H3. The van der Waals surface area contributed by atoms with Gasteiger partial charge in [0.2, 0.25) is 0 Å². The lowest BCUT2D eigenvalue weighted by molar-refractivity contribution is -0.115. The van der Waals surface area contributed by atoms with Gasteiger partial charge in [-0.05, 0) is 11.4 Å². The first kappa shape index (κ1) is 11.8. The number of carbonyl (C=O) groups excluding carboxylic acids is 1. The third-order valence-electron chi connectivity index (χ3n) is 1.52. The highest BCUT2D eigenvalue weighted by Crippen LogP contribution is 2.24. The minimum absolute atomic E-state index is 0.141. The molecule has 0 aliphatic rings. The van der Waals surface area contributed by atoms with Crippen molar-refractivity contribution in [1.29, 1.82) is 0 Å². The zero-order chi connectivity index (χ0) is 11.5. The van der Waals surface area contributed by atoms with E-state index in [-0.39, 0.29) is 10.6 Å². The van der Waals surface area contributed by atoms with Gasteiger partial charge >= 0.3 is 12.1 Å². The van der Waals surface area contributed by atoms with E-state index in [4.69, 9.17) is 0 Å². The third-order valence-corrected chi connectivity index (χ3v) is 2.41. The van der Waals surface area contributed by atoms with Gasteiger partial charge in [0.05, 0.1) is 12.8 Å². The normalized spacial score (nSPS) is 11.2. The Morgan fingerprint density at radius 2 is 2.27 bits per heavy atom. The van der Waals surface area contributed by atoms with Crippen LogP contribution in [0, 0.1) is 0 Å². The van der Waals surface area contributed by atoms with Gasteiger partial charge in [-0.2, -0.15) is 13.2 Å². The second-order valence-corrected chi connectivity index (χ2v) is 3.54. The van der Waals surface area contributed by atoms with Crippen molar-refractivity contribution in [2.75, 3.05) is 19.0 Å². The molecule has 3 nitrogen and oxygen atoms in total. The van der Waals surface area contributed by atoms with Gasteiger partial charge in [-0.15, -0.1) is 11.3 Å². The first-order valence-corrected chi connectivity index (χ1v) is 4.78. The fourth-order valence-electron chi connectivity index (χ4n) is 0.895. The molecule has 0 aliphatic heterocycles. The third kappa shape index (κ3) is 3.43. The Hall–Kier alpha value is -1.24. The molecule has 1 rings (SSSR count). The molecule has 0 bridgehead atoms. The number of thiophene rings is 1. The highest BCUT2D eigenvalue weighted by Gasteiger charge is 2.27. The Kier molecular flexibility index (Phi) is 3.57. The number of esters is 1. The maximum atomic E-state index is 11.9. The molecule has 0 amide bonds. The smallest absolute Gasteiger partial charge is 0.405 e. The Bertz CT molecular complexity index is 348. The Morgan fingerprint density at radius 3 is 2.80 bits per heavy atom. The van der Waals surface area contributed by atoms with E-state index >= 15 is 0 Å². The van der Waals surface area contributed by atoms with Gasteiger partial charge in [0.15, 0.2) is 0 Å². The van der Waals surface area contributed by atoms with Crippen molar-refractivity contribution in [3.8, 4) is 0 Å². The van der Waals surface area contributed by atoms with Crippen molar-refractivity contribution in [2.45, 2.75) is 6.18 Å². The number of hydrogen-bond donors (Lipinski definition) is 1. The fraction of sp³-hybridized carbons (Fsp3) is 0.375. The molecule has 0 atom stereocenters. The molecule has 84 valence electrons. The predicted molar refractivity (Wildman–Crippen MR) is 50.2 cm³/mol. The van der Waals surface area contributed by atoms with Crippen LogP contribution >= 0.6 is 11.3 Å². The molecule has 0 fully saturated rings. The molecule has 0 spiro atoms. The number of hydrogen-bond acceptors (Lipinski definition) is 4. The maximum absolute atomic E-state index is 11.9. The summed E-state index contributed by atoms with van der Waals surface area (Å²) in [6.45, 7) is -1.17. The minimum Gasteiger partial charge on any atom is -0.465 e. The number of anilines is 1. The molecule has 1 heterocycles. The van der Waals surface area contributed by atoms with Crippen molar-refractivity contribution < 1.29 is 22.7 Å². The molecule has 0 aliphatic carbocycles. The topological polar surface area (TPSA) is 38.3 Å². The van der Waals surface area contributed by atoms with Crippen LogP contribution in [0.5, 0.6) is 0 Å². The van der Waals surface area contributed by atoms with E-state index < -0.39 is 18.7 Å². The molecule has 15 heavy (non-hydrogen) atoms. The number of methoxy groups -OCH3 is 1. The van der Waals surface area contributed by atoms with Crippen LogP contribution in [0.2, 0.25) is 0 Å². The molecule has 0 aromatic carbocycles. The number of halogens is 3. The van der Waals surface area contributed by atoms with Crippen LogP contribution in [0.25, 0.3) is 0 Å². The molecule has 0 unspecified atom stereocenters. The summed E-state index contributed by atoms with van der Waals surface area (Å²) >= 11 is 1.03. The van der Waals surface area contributed by atoms with E-state index in [1.165, 1.54) is 18.6 Å². The lowest BCUT2D eigenvalue weighted by atomic mass is 10.4. The summed E-state index contributed by atoms with van der Waals surface area (Å²) in [7, 11) is 1.18. The summed E-state index contributed by atoms with van der Waals surface area (Å²) in [6.07, 6.45) is -4.31. The SMILES string of the molecule is COC(=O)c1sccc1NCC(F)(F)F. The van der Waals surface area contributed by atoms with Crippen LogP contribution in [0.4, 0.5) is 18.9 Å². The van der Waals surface area contributed by atoms with E-state index in [0.717, 1.165) is 11.3 Å². The van der Waals surface area contributed by atoms with Gasteiger partial charge in [0.1, 0.15) is 11.4 Å². The van der Waals surface area contributed by atoms with Crippen molar-refractivity contribution in [1.82, 2.24) is 0 Å². The van der Waals surface area contributed by atoms with Crippen molar-refractivity contribution >= 4 is 23.0 Å². The average Bonchev–Trinajstić information content (AvgIpc) is 2.60. The van der Waals surface area contributed by atoms with Gasteiger partial charge in [0, 0.05) is 0 Å². The zero-order valence-corrected chi connectivity index (χ0v) is 8.54. The minimum atomic E-state index is -4.31. The number of alkyl halides is 3. The Balaban J connectivity index is 2.70. The summed E-state index contributed by atoms with van der Waals surface area (Å²) in [6, 6.07) is 1.41. The molecule has 1 aromatic heterocycles. The highest BCUT2D eigenvalue weighted by molar-refractivity contribution is 7.12. The van der Waals surface area contributed by atoms with Gasteiger partial charge < -0.3 is 10.1 Å². The summed E-state index contributed by atoms with van der Waals surface area (Å²) in [5.41, 5.74) is 0.143. The van der Waals surface area contributed by atoms with E-state index in [1.54, 1.807) is 0 Å². The molecular weight excluding hydrogens is 231 g/mol. The molecular formula is C8H8F3NO2S. The second-order valence-electron chi connectivity index (χ2n) is 2.62. The molecule has 7 heteroatoms. The highest BCUT2D eigenvalue weighted by atomic mass is 32.1. The summed E-state index contributed by atoms with van der Waals surface area (Å²) < 4.78 is 40.1. The largest absolute Gasteiger partial charge is 0.465 e. The average molecular weight is 239 g/mol. The Morgan fingerprint density at radius 1 is 1.60 bits per heavy atom. The quantitative estimate of drug-likeness (QED) is 0.823. The van der Waals surface area contributed by atoms with Gasteiger partial charge in [-0.3, -0.25) is 0 Å². The predicted octanol–water partition coefficient (Wildman–Crippen LogP) is 2.51. The van der Waals surface area contributed by atoms with Crippen LogP contribution in [-0.4, -0.2) is 25.8 Å². The molecule has 0 saturated carbocycles. The first-order valence-electron chi connectivity index (χ1n) is 3.90. The number of rotatable bonds is 3. The fourth-order valence-corrected chi connectivity index (χ4v) is 1.68. The van der Waals surface area contributed by atoms with E-state index in [2.05, 4.69) is 10.1 Å². The van der Waals surface area contributed by atoms with Gasteiger partial charge in [0.25, 0.3) is 0 Å². The molecule has 0 saturated heterocycles. The van der Waals surface area contributed by atoms with Crippen LogP contribution in [0.3, 0.4) is 0 Å². The van der Waals surface area contributed by atoms with Crippen LogP contribution < -0.4 is 5.32 Å². The van der Waals surface area contributed by atoms with Crippen molar-refractivity contribution in [3.63, 3.8) is 0 Å². The van der Waals surface area contributed by atoms with Crippen molar-refractivity contribution in [2.24, 2.45) is 0 Å². The van der Waals surface area contributed by atoms with E-state index in [1.807, 2.05) is 0 Å². The first-order chi connectivity index (χ1) is 6.94. The van der Waals surface area contributed by atoms with Crippen LogP contribution in [0.1, 0.15) is 9.67 Å². The van der Waals surface area contributed by atoms with Gasteiger partial charge in [-0.25, -0.2) is 4.79 Å². The monoisotopic (exact) mass is 239 g/mol. The van der Waals surface area contributed by atoms with E-state index in [9.17, 15) is 18.0 Å². The summed E-state index contributed by atoms with van der Waals surface area (Å²) in [5.74, 6) is -0.644. The van der Waals surface area contributed by atoms with Crippen LogP contribution in [0.15, 0.2) is 11.4 Å². The number of nitrogens with one attached hydrogen (secondary N) is 1. The zero-order valence-electron chi connectivity index (χ0n) is 7.72. The molecule has 0 radical (unpaired) electrons. The number of carbonyl (C=O) groups is 1. The summed E-state index contributed by atoms with van der Waals surface area (Å²) in [5, 5.41) is 3.65. The number of ether oxygens (including phenoxy) is 1. The lowest BCUT2D eigenvalue weighted by Crippen LogP contribution is -2.21. The van der Waals surface area contributed by atoms with Crippen LogP contribution in [-0.2, 0) is 4.74 Å². The molecule has 1 N–H and O–H groups in total. The van der Waals surface area contributed by atoms with Crippen molar-refractivity contribution in [3.05, 3.63) is 16.3 Å². The molecule has 1 aromatic rings.